The summed E-state index contributed by atoms with van der Waals surface area (Å²) in [5.74, 6) is 0. The van der Waals surface area contributed by atoms with Crippen molar-refractivity contribution in [1.82, 2.24) is 24.6 Å². The Balaban J connectivity index is 1.68. The molecule has 2 aromatic heterocycles. The van der Waals surface area contributed by atoms with Gasteiger partial charge in [-0.1, -0.05) is 18.2 Å². The summed E-state index contributed by atoms with van der Waals surface area (Å²) >= 11 is 0. The maximum atomic E-state index is 12.4. The molecule has 1 saturated heterocycles. The van der Waals surface area contributed by atoms with Crippen LogP contribution in [0.4, 0.5) is 0 Å². The van der Waals surface area contributed by atoms with E-state index >= 15 is 0 Å². The Labute approximate surface area is 140 Å². The molecule has 24 heavy (non-hydrogen) atoms. The monoisotopic (exact) mass is 325 g/mol. The van der Waals surface area contributed by atoms with Crippen LogP contribution in [0.25, 0.3) is 21.8 Å². The van der Waals surface area contributed by atoms with Gasteiger partial charge in [0.05, 0.1) is 12.2 Å². The Morgan fingerprint density at radius 2 is 1.79 bits per heavy atom. The average Bonchev–Trinajstić information content (AvgIpc) is 2.90. The molecule has 1 N–H and O–H groups in total. The largest absolute Gasteiger partial charge is 0.306 e. The van der Waals surface area contributed by atoms with E-state index in [1.54, 1.807) is 0 Å². The Kier molecular flexibility index (Phi) is 3.86. The van der Waals surface area contributed by atoms with E-state index in [-0.39, 0.29) is 5.56 Å². The number of nitrogens with one attached hydrogen (secondary N) is 1. The molecule has 0 atom stereocenters. The summed E-state index contributed by atoms with van der Waals surface area (Å²) in [5, 5.41) is 7.46. The summed E-state index contributed by atoms with van der Waals surface area (Å²) in [6.07, 6.45) is 0. The fourth-order valence-corrected chi connectivity index (χ4v) is 3.57. The maximum absolute atomic E-state index is 12.4. The Morgan fingerprint density at radius 3 is 2.54 bits per heavy atom. The van der Waals surface area contributed by atoms with Crippen molar-refractivity contribution in [3.8, 4) is 0 Å². The van der Waals surface area contributed by atoms with Gasteiger partial charge in [0.1, 0.15) is 5.65 Å². The zero-order valence-electron chi connectivity index (χ0n) is 14.2. The normalized spacial score (nSPS) is 17.1. The highest BCUT2D eigenvalue weighted by Gasteiger charge is 2.16. The van der Waals surface area contributed by atoms with Crippen LogP contribution in [-0.4, -0.2) is 64.3 Å². The van der Waals surface area contributed by atoms with E-state index in [9.17, 15) is 4.79 Å². The molecule has 1 aromatic carbocycles. The number of aromatic nitrogens is 3. The molecule has 0 aliphatic carbocycles. The number of aryl methyl sites for hydroxylation is 1. The summed E-state index contributed by atoms with van der Waals surface area (Å²) in [5.41, 5.74) is 1.76. The molecular weight excluding hydrogens is 302 g/mol. The van der Waals surface area contributed by atoms with Crippen molar-refractivity contribution in [2.75, 3.05) is 39.8 Å². The van der Waals surface area contributed by atoms with E-state index in [4.69, 9.17) is 0 Å². The molecule has 6 heteroatoms. The molecule has 4 rings (SSSR count). The van der Waals surface area contributed by atoms with Gasteiger partial charge < -0.3 is 9.88 Å². The number of benzene rings is 1. The molecule has 0 unspecified atom stereocenters. The summed E-state index contributed by atoms with van der Waals surface area (Å²) in [6, 6.07) is 7.75. The lowest BCUT2D eigenvalue weighted by atomic mass is 10.1. The van der Waals surface area contributed by atoms with Gasteiger partial charge in [0, 0.05) is 43.5 Å². The summed E-state index contributed by atoms with van der Waals surface area (Å²) in [6.45, 7) is 8.17. The van der Waals surface area contributed by atoms with Gasteiger partial charge in [-0.2, -0.15) is 5.10 Å². The number of piperazine rings is 1. The van der Waals surface area contributed by atoms with Crippen LogP contribution in [0.3, 0.4) is 0 Å². The van der Waals surface area contributed by atoms with Crippen molar-refractivity contribution in [2.45, 2.75) is 13.5 Å². The van der Waals surface area contributed by atoms with Crippen LogP contribution >= 0.6 is 0 Å². The van der Waals surface area contributed by atoms with E-state index in [1.807, 2.05) is 35.9 Å². The molecule has 126 valence electrons. The van der Waals surface area contributed by atoms with Gasteiger partial charge in [0.2, 0.25) is 0 Å². The predicted octanol–water partition coefficient (Wildman–Crippen LogP) is 1.43. The Morgan fingerprint density at radius 1 is 1.08 bits per heavy atom. The molecule has 0 amide bonds. The fourth-order valence-electron chi connectivity index (χ4n) is 3.57. The molecule has 0 bridgehead atoms. The summed E-state index contributed by atoms with van der Waals surface area (Å²) in [7, 11) is 2.16. The molecule has 1 aliphatic rings. The minimum absolute atomic E-state index is 0.0427. The van der Waals surface area contributed by atoms with E-state index < -0.39 is 0 Å². The molecule has 0 spiro atoms. The molecule has 0 saturated carbocycles. The second-order valence-corrected chi connectivity index (χ2v) is 6.68. The molecule has 3 aromatic rings. The fraction of sp³-hybridized carbons (Fsp3) is 0.444. The van der Waals surface area contributed by atoms with E-state index in [0.717, 1.165) is 66.8 Å². The van der Waals surface area contributed by atoms with Gasteiger partial charge in [0.25, 0.3) is 5.56 Å². The molecule has 3 heterocycles. The lowest BCUT2D eigenvalue weighted by molar-refractivity contribution is 0.149. The third kappa shape index (κ3) is 2.61. The highest BCUT2D eigenvalue weighted by molar-refractivity contribution is 6.05. The highest BCUT2D eigenvalue weighted by Crippen LogP contribution is 2.24. The topological polar surface area (TPSA) is 57.2 Å². The van der Waals surface area contributed by atoms with Crippen LogP contribution in [0, 0.1) is 6.92 Å². The van der Waals surface area contributed by atoms with E-state index in [1.165, 1.54) is 0 Å². The first-order valence-corrected chi connectivity index (χ1v) is 8.52. The first-order chi connectivity index (χ1) is 11.6. The number of fused-ring (bicyclic) bond motifs is 3. The van der Waals surface area contributed by atoms with E-state index in [2.05, 4.69) is 26.9 Å². The van der Waals surface area contributed by atoms with Crippen LogP contribution in [-0.2, 0) is 6.54 Å². The second-order valence-electron chi connectivity index (χ2n) is 6.68. The molecule has 1 fully saturated rings. The quantitative estimate of drug-likeness (QED) is 0.791. The first kappa shape index (κ1) is 15.4. The van der Waals surface area contributed by atoms with Crippen LogP contribution in [0.5, 0.6) is 0 Å². The summed E-state index contributed by atoms with van der Waals surface area (Å²) < 4.78 is 1.96. The van der Waals surface area contributed by atoms with Crippen molar-refractivity contribution < 1.29 is 0 Å². The minimum Gasteiger partial charge on any atom is -0.306 e. The van der Waals surface area contributed by atoms with Crippen LogP contribution in [0.15, 0.2) is 29.1 Å². The Hall–Kier alpha value is -2.18. The van der Waals surface area contributed by atoms with Gasteiger partial charge in [-0.3, -0.25) is 9.69 Å². The summed E-state index contributed by atoms with van der Waals surface area (Å²) in [4.78, 5) is 20.2. The van der Waals surface area contributed by atoms with Crippen LogP contribution < -0.4 is 5.56 Å². The zero-order chi connectivity index (χ0) is 16.7. The van der Waals surface area contributed by atoms with Crippen molar-refractivity contribution >= 4 is 21.8 Å². The first-order valence-electron chi connectivity index (χ1n) is 8.52. The SMILES string of the molecule is Cc1nn(CCN2CCN(C)CC2)c2[nH]c(=O)c3ccccc3c12. The standard InChI is InChI=1S/C18H23N5O/c1-13-16-14-5-3-4-6-15(14)18(24)19-17(16)23(20-13)12-11-22-9-7-21(2)8-10-22/h3-6H,7-12H2,1-2H3,(H,19,24). The van der Waals surface area contributed by atoms with Crippen molar-refractivity contribution in [1.29, 1.82) is 0 Å². The number of aromatic amines is 1. The molecular formula is C18H23N5O. The third-order valence-corrected chi connectivity index (χ3v) is 5.02. The van der Waals surface area contributed by atoms with Gasteiger partial charge in [-0.25, -0.2) is 4.68 Å². The van der Waals surface area contributed by atoms with Gasteiger partial charge in [-0.15, -0.1) is 0 Å². The third-order valence-electron chi connectivity index (χ3n) is 5.02. The average molecular weight is 325 g/mol. The smallest absolute Gasteiger partial charge is 0.257 e. The minimum atomic E-state index is -0.0427. The second kappa shape index (κ2) is 6.03. The maximum Gasteiger partial charge on any atom is 0.257 e. The van der Waals surface area contributed by atoms with Crippen molar-refractivity contribution in [3.63, 3.8) is 0 Å². The highest BCUT2D eigenvalue weighted by atomic mass is 16.1. The number of likely N-dealkylation sites (N-methyl/N-ethyl adjacent to an activating group) is 1. The lowest BCUT2D eigenvalue weighted by Crippen LogP contribution is -2.45. The number of pyridine rings is 1. The zero-order valence-corrected chi connectivity index (χ0v) is 14.2. The van der Waals surface area contributed by atoms with Gasteiger partial charge in [0.15, 0.2) is 0 Å². The number of hydrogen-bond acceptors (Lipinski definition) is 4. The van der Waals surface area contributed by atoms with Crippen LogP contribution in [0.1, 0.15) is 5.69 Å². The van der Waals surface area contributed by atoms with E-state index in [0.29, 0.717) is 0 Å². The lowest BCUT2D eigenvalue weighted by Gasteiger charge is -2.32. The number of rotatable bonds is 3. The molecule has 6 nitrogen and oxygen atoms in total. The number of nitrogens with zero attached hydrogens (tertiary/aromatic N) is 4. The van der Waals surface area contributed by atoms with Gasteiger partial charge >= 0.3 is 0 Å². The number of hydrogen-bond donors (Lipinski definition) is 1. The van der Waals surface area contributed by atoms with Crippen molar-refractivity contribution in [2.24, 2.45) is 0 Å². The number of H-pyrrole nitrogens is 1. The Bertz CT molecular complexity index is 934. The predicted molar refractivity (Wildman–Crippen MR) is 96.5 cm³/mol. The molecule has 0 radical (unpaired) electrons. The molecule has 1 aliphatic heterocycles. The van der Waals surface area contributed by atoms with Crippen molar-refractivity contribution in [3.05, 3.63) is 40.3 Å². The van der Waals surface area contributed by atoms with Gasteiger partial charge in [-0.05, 0) is 25.4 Å². The van der Waals surface area contributed by atoms with Crippen LogP contribution in [0.2, 0.25) is 0 Å².